The molecule has 0 atom stereocenters. The zero-order valence-corrected chi connectivity index (χ0v) is 14.8. The average molecular weight is 327 g/mol. The summed E-state index contributed by atoms with van der Waals surface area (Å²) < 4.78 is 10.8. The molecule has 1 amide bonds. The van der Waals surface area contributed by atoms with Gasteiger partial charge >= 0.3 is 0 Å². The van der Waals surface area contributed by atoms with Crippen LogP contribution in [0.2, 0.25) is 0 Å². The maximum atomic E-state index is 12.4. The fraction of sp³-hybridized carbons (Fsp3) is 0.350. The number of amides is 1. The van der Waals surface area contributed by atoms with E-state index in [2.05, 4.69) is 19.2 Å². The van der Waals surface area contributed by atoms with Gasteiger partial charge in [-0.15, -0.1) is 0 Å². The Bertz CT molecular complexity index is 678. The van der Waals surface area contributed by atoms with Crippen LogP contribution >= 0.6 is 0 Å². The molecular weight excluding hydrogens is 302 g/mol. The van der Waals surface area contributed by atoms with Crippen LogP contribution in [0.15, 0.2) is 42.5 Å². The van der Waals surface area contributed by atoms with E-state index in [0.29, 0.717) is 35.3 Å². The van der Waals surface area contributed by atoms with Crippen LogP contribution in [0, 0.1) is 5.92 Å². The van der Waals surface area contributed by atoms with Gasteiger partial charge in [-0.05, 0) is 49.1 Å². The lowest BCUT2D eigenvalue weighted by atomic mass is 10.0. The number of carbonyl (C=O) groups excluding carboxylic acids is 1. The fourth-order valence-electron chi connectivity index (χ4n) is 2.49. The Morgan fingerprint density at radius 3 is 2.38 bits per heavy atom. The van der Waals surface area contributed by atoms with E-state index >= 15 is 0 Å². The minimum Gasteiger partial charge on any atom is -0.493 e. The molecule has 0 aliphatic heterocycles. The second-order valence-electron chi connectivity index (χ2n) is 6.05. The summed E-state index contributed by atoms with van der Waals surface area (Å²) in [5.74, 6) is 1.72. The minimum absolute atomic E-state index is 0.141. The summed E-state index contributed by atoms with van der Waals surface area (Å²) >= 11 is 0. The Hall–Kier alpha value is -2.49. The van der Waals surface area contributed by atoms with Crippen LogP contribution in [0.3, 0.4) is 0 Å². The molecular formula is C20H25NO3. The van der Waals surface area contributed by atoms with E-state index in [1.54, 1.807) is 25.3 Å². The highest BCUT2D eigenvalue weighted by atomic mass is 16.5. The van der Waals surface area contributed by atoms with Gasteiger partial charge in [0, 0.05) is 17.3 Å². The van der Waals surface area contributed by atoms with Crippen LogP contribution in [0.25, 0.3) is 0 Å². The third kappa shape index (κ3) is 4.75. The maximum Gasteiger partial charge on any atom is 0.255 e. The molecule has 0 aliphatic carbocycles. The summed E-state index contributed by atoms with van der Waals surface area (Å²) in [6.45, 7) is 6.84. The van der Waals surface area contributed by atoms with Gasteiger partial charge in [-0.1, -0.05) is 26.0 Å². The topological polar surface area (TPSA) is 47.6 Å². The van der Waals surface area contributed by atoms with Crippen molar-refractivity contribution in [3.8, 4) is 11.5 Å². The summed E-state index contributed by atoms with van der Waals surface area (Å²) in [7, 11) is 1.58. The van der Waals surface area contributed by atoms with Crippen molar-refractivity contribution in [3.63, 3.8) is 0 Å². The predicted octanol–water partition coefficient (Wildman–Crippen LogP) is 4.54. The molecule has 0 fully saturated rings. The monoisotopic (exact) mass is 327 g/mol. The van der Waals surface area contributed by atoms with Gasteiger partial charge in [0.15, 0.2) is 11.5 Å². The number of nitrogens with one attached hydrogen (secondary N) is 1. The number of anilines is 1. The number of hydrogen-bond donors (Lipinski definition) is 1. The molecule has 0 saturated heterocycles. The fourth-order valence-corrected chi connectivity index (χ4v) is 2.49. The highest BCUT2D eigenvalue weighted by molar-refractivity contribution is 6.04. The number of hydrogen-bond acceptors (Lipinski definition) is 3. The quantitative estimate of drug-likeness (QED) is 0.812. The Morgan fingerprint density at radius 1 is 1.08 bits per heavy atom. The van der Waals surface area contributed by atoms with E-state index in [1.165, 1.54) is 5.56 Å². The average Bonchev–Trinajstić information content (AvgIpc) is 2.56. The standard InChI is InChI=1S/C20H25NO3/c1-5-24-18-11-10-17(13-19(18)23-4)21-20(22)16-8-6-15(7-9-16)12-14(2)3/h6-11,13-14H,5,12H2,1-4H3,(H,21,22). The van der Waals surface area contributed by atoms with Crippen molar-refractivity contribution in [2.45, 2.75) is 27.2 Å². The molecule has 128 valence electrons. The van der Waals surface area contributed by atoms with E-state index in [1.807, 2.05) is 31.2 Å². The van der Waals surface area contributed by atoms with Crippen LogP contribution in [0.4, 0.5) is 5.69 Å². The van der Waals surface area contributed by atoms with Crippen molar-refractivity contribution >= 4 is 11.6 Å². The van der Waals surface area contributed by atoms with Crippen molar-refractivity contribution in [3.05, 3.63) is 53.6 Å². The first-order valence-electron chi connectivity index (χ1n) is 8.24. The number of carbonyl (C=O) groups is 1. The molecule has 0 bridgehead atoms. The van der Waals surface area contributed by atoms with Crippen molar-refractivity contribution < 1.29 is 14.3 Å². The summed E-state index contributed by atoms with van der Waals surface area (Å²) in [6.07, 6.45) is 1.01. The lowest BCUT2D eigenvalue weighted by molar-refractivity contribution is 0.102. The molecule has 2 aromatic carbocycles. The van der Waals surface area contributed by atoms with Gasteiger partial charge in [0.25, 0.3) is 5.91 Å². The molecule has 0 saturated carbocycles. The first kappa shape index (κ1) is 17.9. The Kier molecular flexibility index (Phi) is 6.24. The molecule has 0 aliphatic rings. The van der Waals surface area contributed by atoms with Crippen molar-refractivity contribution in [1.29, 1.82) is 0 Å². The van der Waals surface area contributed by atoms with Gasteiger partial charge in [-0.2, -0.15) is 0 Å². The zero-order valence-electron chi connectivity index (χ0n) is 14.8. The molecule has 1 N–H and O–H groups in total. The summed E-state index contributed by atoms with van der Waals surface area (Å²) in [5.41, 5.74) is 2.55. The van der Waals surface area contributed by atoms with Crippen molar-refractivity contribution in [1.82, 2.24) is 0 Å². The molecule has 0 unspecified atom stereocenters. The van der Waals surface area contributed by atoms with E-state index in [9.17, 15) is 4.79 Å². The number of rotatable bonds is 7. The van der Waals surface area contributed by atoms with Gasteiger partial charge in [0.05, 0.1) is 13.7 Å². The first-order chi connectivity index (χ1) is 11.5. The smallest absolute Gasteiger partial charge is 0.255 e. The van der Waals surface area contributed by atoms with Crippen LogP contribution in [0.1, 0.15) is 36.7 Å². The maximum absolute atomic E-state index is 12.4. The largest absolute Gasteiger partial charge is 0.493 e. The lowest BCUT2D eigenvalue weighted by Gasteiger charge is -2.12. The van der Waals surface area contributed by atoms with E-state index in [0.717, 1.165) is 6.42 Å². The van der Waals surface area contributed by atoms with Gasteiger partial charge in [-0.3, -0.25) is 4.79 Å². The Balaban J connectivity index is 2.08. The molecule has 4 nitrogen and oxygen atoms in total. The highest BCUT2D eigenvalue weighted by Crippen LogP contribution is 2.30. The predicted molar refractivity (Wildman–Crippen MR) is 97.1 cm³/mol. The molecule has 4 heteroatoms. The molecule has 0 heterocycles. The second kappa shape index (κ2) is 8.39. The Labute approximate surface area is 143 Å². The zero-order chi connectivity index (χ0) is 17.5. The van der Waals surface area contributed by atoms with Crippen LogP contribution in [0.5, 0.6) is 11.5 Å². The number of benzene rings is 2. The number of methoxy groups -OCH3 is 1. The normalized spacial score (nSPS) is 10.5. The molecule has 2 rings (SSSR count). The SMILES string of the molecule is CCOc1ccc(NC(=O)c2ccc(CC(C)C)cc2)cc1OC. The van der Waals surface area contributed by atoms with E-state index in [-0.39, 0.29) is 5.91 Å². The third-order valence-corrected chi connectivity index (χ3v) is 3.58. The van der Waals surface area contributed by atoms with Crippen molar-refractivity contribution in [2.24, 2.45) is 5.92 Å². The summed E-state index contributed by atoms with van der Waals surface area (Å²) in [5, 5.41) is 2.89. The third-order valence-electron chi connectivity index (χ3n) is 3.58. The van der Waals surface area contributed by atoms with E-state index < -0.39 is 0 Å². The molecule has 0 spiro atoms. The van der Waals surface area contributed by atoms with Gasteiger partial charge in [0.1, 0.15) is 0 Å². The van der Waals surface area contributed by atoms with Gasteiger partial charge < -0.3 is 14.8 Å². The van der Waals surface area contributed by atoms with Crippen molar-refractivity contribution in [2.75, 3.05) is 19.0 Å². The molecule has 2 aromatic rings. The van der Waals surface area contributed by atoms with E-state index in [4.69, 9.17) is 9.47 Å². The Morgan fingerprint density at radius 2 is 1.79 bits per heavy atom. The number of ether oxygens (including phenoxy) is 2. The minimum atomic E-state index is -0.141. The summed E-state index contributed by atoms with van der Waals surface area (Å²) in [6, 6.07) is 13.1. The van der Waals surface area contributed by atoms with Gasteiger partial charge in [-0.25, -0.2) is 0 Å². The second-order valence-corrected chi connectivity index (χ2v) is 6.05. The summed E-state index contributed by atoms with van der Waals surface area (Å²) in [4.78, 5) is 12.4. The van der Waals surface area contributed by atoms with Crippen LogP contribution < -0.4 is 14.8 Å². The molecule has 24 heavy (non-hydrogen) atoms. The van der Waals surface area contributed by atoms with Crippen LogP contribution in [-0.4, -0.2) is 19.6 Å². The lowest BCUT2D eigenvalue weighted by Crippen LogP contribution is -2.12. The molecule has 0 aromatic heterocycles. The van der Waals surface area contributed by atoms with Gasteiger partial charge in [0.2, 0.25) is 0 Å². The highest BCUT2D eigenvalue weighted by Gasteiger charge is 2.10. The first-order valence-corrected chi connectivity index (χ1v) is 8.24. The van der Waals surface area contributed by atoms with Crippen LogP contribution in [-0.2, 0) is 6.42 Å². The molecule has 0 radical (unpaired) electrons.